The minimum atomic E-state index is -0.749. The summed E-state index contributed by atoms with van der Waals surface area (Å²) in [4.78, 5) is 11.5. The summed E-state index contributed by atoms with van der Waals surface area (Å²) in [5.41, 5.74) is -0.0191. The number of fused-ring (bicyclic) bond motifs is 1. The fourth-order valence-corrected chi connectivity index (χ4v) is 2.34. The molecule has 2 heterocycles. The van der Waals surface area contributed by atoms with Gasteiger partial charge in [0.1, 0.15) is 15.8 Å². The molecule has 0 aliphatic heterocycles. The number of hydrogen-bond donors (Lipinski definition) is 0. The fourth-order valence-electron chi connectivity index (χ4n) is 1.14. The van der Waals surface area contributed by atoms with Crippen molar-refractivity contribution in [3.8, 4) is 0 Å². The Balaban J connectivity index is 0.000000829. The van der Waals surface area contributed by atoms with Gasteiger partial charge in [-0.25, -0.2) is 19.3 Å². The summed E-state index contributed by atoms with van der Waals surface area (Å²) in [5.74, 6) is -0.749. The van der Waals surface area contributed by atoms with E-state index in [-0.39, 0.29) is 26.4 Å². The molecule has 2 rings (SSSR count). The molecule has 2 aromatic rings. The van der Waals surface area contributed by atoms with Crippen molar-refractivity contribution in [2.75, 3.05) is 6.26 Å². The topological polar surface area (TPSA) is 38.7 Å². The summed E-state index contributed by atoms with van der Waals surface area (Å²) in [6, 6.07) is 0. The van der Waals surface area contributed by atoms with Gasteiger partial charge in [-0.05, 0) is 6.26 Å². The van der Waals surface area contributed by atoms with Crippen LogP contribution in [0.2, 0.25) is 15.5 Å². The molecular formula is C12H15Cl3FN3S. The van der Waals surface area contributed by atoms with Crippen molar-refractivity contribution in [2.45, 2.75) is 32.9 Å². The zero-order chi connectivity index (χ0) is 15.9. The molecule has 0 fully saturated rings. The van der Waals surface area contributed by atoms with Crippen molar-refractivity contribution in [1.29, 1.82) is 0 Å². The molecule has 0 N–H and O–H groups in total. The van der Waals surface area contributed by atoms with Crippen molar-refractivity contribution in [3.05, 3.63) is 21.3 Å². The molecule has 0 aromatic carbocycles. The maximum Gasteiger partial charge on any atom is 0.189 e. The van der Waals surface area contributed by atoms with Crippen LogP contribution >= 0.6 is 46.6 Å². The van der Waals surface area contributed by atoms with Crippen LogP contribution in [0, 0.1) is 5.82 Å². The van der Waals surface area contributed by atoms with E-state index in [0.29, 0.717) is 5.16 Å². The number of nitrogens with zero attached hydrogens (tertiary/aromatic N) is 3. The highest BCUT2D eigenvalue weighted by Gasteiger charge is 2.17. The molecule has 0 unspecified atom stereocenters. The van der Waals surface area contributed by atoms with Crippen LogP contribution in [-0.4, -0.2) is 21.2 Å². The third-order valence-corrected chi connectivity index (χ3v) is 3.16. The molecule has 0 saturated heterocycles. The zero-order valence-electron chi connectivity index (χ0n) is 11.8. The lowest BCUT2D eigenvalue weighted by Crippen LogP contribution is -1.96. The normalized spacial score (nSPS) is 9.45. The number of aromatic nitrogens is 3. The molecule has 20 heavy (non-hydrogen) atoms. The van der Waals surface area contributed by atoms with Crippen LogP contribution in [0.15, 0.2) is 5.16 Å². The maximum atomic E-state index is 13.7. The molecule has 0 saturated carbocycles. The van der Waals surface area contributed by atoms with Crippen LogP contribution in [0.3, 0.4) is 0 Å². The van der Waals surface area contributed by atoms with Crippen LogP contribution in [0.5, 0.6) is 0 Å². The third-order valence-electron chi connectivity index (χ3n) is 1.82. The van der Waals surface area contributed by atoms with Crippen LogP contribution < -0.4 is 0 Å². The van der Waals surface area contributed by atoms with Gasteiger partial charge in [0.05, 0.1) is 5.39 Å². The molecule has 0 atom stereocenters. The lowest BCUT2D eigenvalue weighted by Gasteiger charge is -2.05. The maximum absolute atomic E-state index is 13.7. The lowest BCUT2D eigenvalue weighted by atomic mass is 10.3. The van der Waals surface area contributed by atoms with Gasteiger partial charge in [0, 0.05) is 0 Å². The number of halogens is 4. The van der Waals surface area contributed by atoms with Crippen LogP contribution in [-0.2, 0) is 0 Å². The summed E-state index contributed by atoms with van der Waals surface area (Å²) in [5, 5.41) is 0.221. The largest absolute Gasteiger partial charge is 0.220 e. The Morgan fingerprint density at radius 2 is 1.35 bits per heavy atom. The average Bonchev–Trinajstić information content (AvgIpc) is 2.48. The van der Waals surface area contributed by atoms with Crippen molar-refractivity contribution >= 4 is 57.5 Å². The molecule has 3 nitrogen and oxygen atoms in total. The first kappa shape index (κ1) is 19.6. The average molecular weight is 359 g/mol. The van der Waals surface area contributed by atoms with E-state index in [1.165, 1.54) is 11.8 Å². The van der Waals surface area contributed by atoms with Crippen LogP contribution in [0.1, 0.15) is 27.7 Å². The Bertz CT molecular complexity index is 582. The lowest BCUT2D eigenvalue weighted by molar-refractivity contribution is 0.629. The molecule has 8 heteroatoms. The fraction of sp³-hybridized carbons (Fsp3) is 0.417. The van der Waals surface area contributed by atoms with Crippen molar-refractivity contribution in [2.24, 2.45) is 0 Å². The number of rotatable bonds is 1. The second kappa shape index (κ2) is 9.55. The molecule has 0 aliphatic carbocycles. The number of hydrogen-bond acceptors (Lipinski definition) is 4. The zero-order valence-corrected chi connectivity index (χ0v) is 14.8. The van der Waals surface area contributed by atoms with E-state index >= 15 is 0 Å². The van der Waals surface area contributed by atoms with E-state index < -0.39 is 5.82 Å². The van der Waals surface area contributed by atoms with Gasteiger partial charge in [-0.3, -0.25) is 0 Å². The van der Waals surface area contributed by atoms with E-state index in [0.717, 1.165) is 0 Å². The predicted octanol–water partition coefficient (Wildman–Crippen LogP) is 5.90. The summed E-state index contributed by atoms with van der Waals surface area (Å²) in [7, 11) is 0. The first-order valence-corrected chi connectivity index (χ1v) is 8.32. The van der Waals surface area contributed by atoms with Gasteiger partial charge in [0.2, 0.25) is 0 Å². The summed E-state index contributed by atoms with van der Waals surface area (Å²) in [6.45, 7) is 8.00. The number of thioether (sulfide) groups is 1. The Labute approximate surface area is 137 Å². The van der Waals surface area contributed by atoms with Crippen molar-refractivity contribution in [3.63, 3.8) is 0 Å². The van der Waals surface area contributed by atoms with E-state index in [2.05, 4.69) is 15.0 Å². The van der Waals surface area contributed by atoms with Gasteiger partial charge in [-0.2, -0.15) is 0 Å². The Kier molecular flexibility index (Phi) is 9.38. The Morgan fingerprint density at radius 3 is 1.85 bits per heavy atom. The SMILES string of the molecule is CC.CC.CSc1nc(Cl)c2c(Cl)nc(Cl)c(F)c2n1. The van der Waals surface area contributed by atoms with E-state index in [9.17, 15) is 4.39 Å². The van der Waals surface area contributed by atoms with Gasteiger partial charge in [-0.1, -0.05) is 74.3 Å². The first-order chi connectivity index (χ1) is 9.54. The van der Waals surface area contributed by atoms with Gasteiger partial charge in [0.25, 0.3) is 0 Å². The summed E-state index contributed by atoms with van der Waals surface area (Å²) in [6.07, 6.45) is 1.75. The van der Waals surface area contributed by atoms with Crippen LogP contribution in [0.25, 0.3) is 10.9 Å². The monoisotopic (exact) mass is 357 g/mol. The highest BCUT2D eigenvalue weighted by Crippen LogP contribution is 2.32. The molecule has 0 amide bonds. The van der Waals surface area contributed by atoms with E-state index in [4.69, 9.17) is 34.8 Å². The first-order valence-electron chi connectivity index (χ1n) is 5.96. The minimum Gasteiger partial charge on any atom is -0.220 e. The highest BCUT2D eigenvalue weighted by molar-refractivity contribution is 7.98. The standard InChI is InChI=1S/C8H3Cl3FN3S.2C2H6/c1-16-8-13-4-2(6(10)15-8)5(9)14-7(11)3(4)12;2*1-2/h1H3;2*1-2H3. The Hall–Kier alpha value is -0.360. The molecule has 112 valence electrons. The molecule has 0 radical (unpaired) electrons. The molecule has 0 bridgehead atoms. The third kappa shape index (κ3) is 4.32. The second-order valence-electron chi connectivity index (χ2n) is 2.73. The molecular weight excluding hydrogens is 344 g/mol. The minimum absolute atomic E-state index is 0.0148. The number of pyridine rings is 1. The quantitative estimate of drug-likeness (QED) is 0.275. The smallest absolute Gasteiger partial charge is 0.189 e. The Morgan fingerprint density at radius 1 is 0.850 bits per heavy atom. The van der Waals surface area contributed by atoms with E-state index in [1.807, 2.05) is 27.7 Å². The summed E-state index contributed by atoms with van der Waals surface area (Å²) >= 11 is 18.5. The van der Waals surface area contributed by atoms with Crippen molar-refractivity contribution < 1.29 is 4.39 Å². The predicted molar refractivity (Wildman–Crippen MR) is 86.8 cm³/mol. The van der Waals surface area contributed by atoms with Gasteiger partial charge < -0.3 is 0 Å². The molecule has 0 aliphatic rings. The van der Waals surface area contributed by atoms with Gasteiger partial charge in [0.15, 0.2) is 16.1 Å². The highest BCUT2D eigenvalue weighted by atomic mass is 35.5. The second-order valence-corrected chi connectivity index (χ2v) is 4.58. The van der Waals surface area contributed by atoms with Crippen molar-refractivity contribution in [1.82, 2.24) is 15.0 Å². The summed E-state index contributed by atoms with van der Waals surface area (Å²) < 4.78 is 13.7. The van der Waals surface area contributed by atoms with Gasteiger partial charge in [-0.15, -0.1) is 0 Å². The molecule has 2 aromatic heterocycles. The van der Waals surface area contributed by atoms with Crippen LogP contribution in [0.4, 0.5) is 4.39 Å². The van der Waals surface area contributed by atoms with E-state index in [1.54, 1.807) is 6.26 Å². The molecule has 0 spiro atoms. The van der Waals surface area contributed by atoms with Gasteiger partial charge >= 0.3 is 0 Å².